The highest BCUT2D eigenvalue weighted by molar-refractivity contribution is 5.69. The van der Waals surface area contributed by atoms with Crippen LogP contribution in [0, 0.1) is 11.8 Å². The van der Waals surface area contributed by atoms with Gasteiger partial charge in [0, 0.05) is 37.6 Å². The third kappa shape index (κ3) is 2.97. The van der Waals surface area contributed by atoms with Gasteiger partial charge in [0.15, 0.2) is 0 Å². The molecular weight excluding hydrogens is 258 g/mol. The lowest BCUT2D eigenvalue weighted by atomic mass is 9.91. The van der Waals surface area contributed by atoms with E-state index in [9.17, 15) is 0 Å². The minimum absolute atomic E-state index is 0.696. The van der Waals surface area contributed by atoms with E-state index in [1.54, 1.807) is 0 Å². The standard InChI is InChI=1S/C18H25N3/c1-13(2)10-21-11-14(3)7-16-8-15(5-6-18(16)21)17-9-19-20(4)12-17/h5-6,8-9,12-14H,7,10-11H2,1-4H3. The van der Waals surface area contributed by atoms with E-state index in [2.05, 4.69) is 55.2 Å². The summed E-state index contributed by atoms with van der Waals surface area (Å²) in [6, 6.07) is 6.89. The summed E-state index contributed by atoms with van der Waals surface area (Å²) in [6.07, 6.45) is 5.21. The van der Waals surface area contributed by atoms with Gasteiger partial charge in [-0.15, -0.1) is 0 Å². The first-order chi connectivity index (χ1) is 10.0. The van der Waals surface area contributed by atoms with Gasteiger partial charge in [0.05, 0.1) is 6.20 Å². The van der Waals surface area contributed by atoms with Crippen molar-refractivity contribution in [2.75, 3.05) is 18.0 Å². The average Bonchev–Trinajstić information content (AvgIpc) is 2.84. The van der Waals surface area contributed by atoms with Crippen LogP contribution in [-0.4, -0.2) is 22.9 Å². The molecule has 1 unspecified atom stereocenters. The van der Waals surface area contributed by atoms with Gasteiger partial charge in [0.2, 0.25) is 0 Å². The van der Waals surface area contributed by atoms with Crippen molar-refractivity contribution < 1.29 is 0 Å². The van der Waals surface area contributed by atoms with Gasteiger partial charge in [0.1, 0.15) is 0 Å². The zero-order valence-corrected chi connectivity index (χ0v) is 13.5. The number of anilines is 1. The van der Waals surface area contributed by atoms with Crippen LogP contribution in [0.5, 0.6) is 0 Å². The first-order valence-electron chi connectivity index (χ1n) is 7.90. The quantitative estimate of drug-likeness (QED) is 0.855. The lowest BCUT2D eigenvalue weighted by Gasteiger charge is -2.36. The van der Waals surface area contributed by atoms with Crippen molar-refractivity contribution >= 4 is 5.69 Å². The molecule has 0 radical (unpaired) electrons. The maximum absolute atomic E-state index is 4.28. The van der Waals surface area contributed by atoms with Gasteiger partial charge in [0.25, 0.3) is 0 Å². The van der Waals surface area contributed by atoms with Crippen LogP contribution in [0.25, 0.3) is 11.1 Å². The zero-order chi connectivity index (χ0) is 15.0. The SMILES string of the molecule is CC(C)CN1CC(C)Cc2cc(-c3cnn(C)c3)ccc21. The Morgan fingerprint density at radius 1 is 1.29 bits per heavy atom. The van der Waals surface area contributed by atoms with Gasteiger partial charge in [-0.1, -0.05) is 26.8 Å². The third-order valence-electron chi connectivity index (χ3n) is 4.14. The molecule has 1 atom stereocenters. The Bertz CT molecular complexity index is 627. The lowest BCUT2D eigenvalue weighted by molar-refractivity contribution is 0.501. The van der Waals surface area contributed by atoms with Crippen molar-refractivity contribution in [3.8, 4) is 11.1 Å². The smallest absolute Gasteiger partial charge is 0.0568 e. The molecule has 0 saturated heterocycles. The number of hydrogen-bond acceptors (Lipinski definition) is 2. The molecule has 1 aromatic heterocycles. The van der Waals surface area contributed by atoms with Crippen molar-refractivity contribution in [2.45, 2.75) is 27.2 Å². The number of aryl methyl sites for hydroxylation is 1. The fourth-order valence-corrected chi connectivity index (χ4v) is 3.34. The van der Waals surface area contributed by atoms with Crippen molar-refractivity contribution in [3.63, 3.8) is 0 Å². The van der Waals surface area contributed by atoms with E-state index >= 15 is 0 Å². The summed E-state index contributed by atoms with van der Waals surface area (Å²) in [6.45, 7) is 9.26. The predicted molar refractivity (Wildman–Crippen MR) is 88.6 cm³/mol. The topological polar surface area (TPSA) is 21.1 Å². The van der Waals surface area contributed by atoms with Crippen LogP contribution in [0.4, 0.5) is 5.69 Å². The van der Waals surface area contributed by atoms with E-state index < -0.39 is 0 Å². The van der Waals surface area contributed by atoms with Crippen LogP contribution < -0.4 is 4.90 Å². The van der Waals surface area contributed by atoms with E-state index in [0.29, 0.717) is 5.92 Å². The molecule has 0 saturated carbocycles. The van der Waals surface area contributed by atoms with Gasteiger partial charge in [-0.25, -0.2) is 0 Å². The molecule has 0 aliphatic carbocycles. The van der Waals surface area contributed by atoms with E-state index in [1.165, 1.54) is 35.3 Å². The fraction of sp³-hybridized carbons (Fsp3) is 0.500. The second-order valence-electron chi connectivity index (χ2n) is 6.85. The molecule has 0 spiro atoms. The Balaban J connectivity index is 1.95. The number of nitrogens with zero attached hydrogens (tertiary/aromatic N) is 3. The monoisotopic (exact) mass is 283 g/mol. The van der Waals surface area contributed by atoms with Crippen molar-refractivity contribution in [1.82, 2.24) is 9.78 Å². The molecule has 3 rings (SSSR count). The second-order valence-corrected chi connectivity index (χ2v) is 6.85. The number of rotatable bonds is 3. The first-order valence-corrected chi connectivity index (χ1v) is 7.90. The third-order valence-corrected chi connectivity index (χ3v) is 4.14. The molecule has 3 nitrogen and oxygen atoms in total. The summed E-state index contributed by atoms with van der Waals surface area (Å²) in [7, 11) is 1.97. The molecule has 0 N–H and O–H groups in total. The van der Waals surface area contributed by atoms with E-state index in [-0.39, 0.29) is 0 Å². The summed E-state index contributed by atoms with van der Waals surface area (Å²) in [5.74, 6) is 1.42. The van der Waals surface area contributed by atoms with Gasteiger partial charge in [-0.2, -0.15) is 5.10 Å². The minimum Gasteiger partial charge on any atom is -0.371 e. The number of hydrogen-bond donors (Lipinski definition) is 0. The van der Waals surface area contributed by atoms with Crippen LogP contribution in [-0.2, 0) is 13.5 Å². The van der Waals surface area contributed by atoms with Crippen molar-refractivity contribution in [3.05, 3.63) is 36.2 Å². The molecule has 21 heavy (non-hydrogen) atoms. The maximum Gasteiger partial charge on any atom is 0.0568 e. The van der Waals surface area contributed by atoms with Gasteiger partial charge in [-0.05, 0) is 41.5 Å². The second kappa shape index (κ2) is 5.55. The Hall–Kier alpha value is -1.77. The van der Waals surface area contributed by atoms with Crippen molar-refractivity contribution in [1.29, 1.82) is 0 Å². The summed E-state index contributed by atoms with van der Waals surface area (Å²) in [5.41, 5.74) is 5.39. The molecule has 1 aliphatic rings. The molecule has 3 heteroatoms. The van der Waals surface area contributed by atoms with Crippen molar-refractivity contribution in [2.24, 2.45) is 18.9 Å². The Labute approximate surface area is 127 Å². The highest BCUT2D eigenvalue weighted by Crippen LogP contribution is 2.33. The maximum atomic E-state index is 4.28. The summed E-state index contributed by atoms with van der Waals surface area (Å²) in [4.78, 5) is 2.56. The van der Waals surface area contributed by atoms with Crippen LogP contribution in [0.3, 0.4) is 0 Å². The highest BCUT2D eigenvalue weighted by atomic mass is 15.2. The summed E-state index contributed by atoms with van der Waals surface area (Å²) >= 11 is 0. The molecule has 1 aliphatic heterocycles. The van der Waals surface area contributed by atoms with E-state index in [1.807, 2.05) is 17.9 Å². The van der Waals surface area contributed by atoms with Gasteiger partial charge in [-0.3, -0.25) is 4.68 Å². The van der Waals surface area contributed by atoms with E-state index in [0.717, 1.165) is 12.5 Å². The summed E-state index contributed by atoms with van der Waals surface area (Å²) < 4.78 is 1.86. The zero-order valence-electron chi connectivity index (χ0n) is 13.5. The highest BCUT2D eigenvalue weighted by Gasteiger charge is 2.22. The van der Waals surface area contributed by atoms with Gasteiger partial charge < -0.3 is 4.90 Å². The molecule has 2 aromatic rings. The largest absolute Gasteiger partial charge is 0.371 e. The Morgan fingerprint density at radius 3 is 2.76 bits per heavy atom. The Kier molecular flexibility index (Phi) is 3.75. The van der Waals surface area contributed by atoms with E-state index in [4.69, 9.17) is 0 Å². The number of aromatic nitrogens is 2. The lowest BCUT2D eigenvalue weighted by Crippen LogP contribution is -2.36. The van der Waals surface area contributed by atoms with Crippen LogP contribution >= 0.6 is 0 Å². The summed E-state index contributed by atoms with van der Waals surface area (Å²) in [5, 5.41) is 4.28. The predicted octanol–water partition coefficient (Wildman–Crippen LogP) is 3.74. The molecule has 0 amide bonds. The van der Waals surface area contributed by atoms with Crippen LogP contribution in [0.15, 0.2) is 30.6 Å². The molecule has 0 fully saturated rings. The molecule has 2 heterocycles. The van der Waals surface area contributed by atoms with Gasteiger partial charge >= 0.3 is 0 Å². The molecule has 112 valence electrons. The molecule has 1 aromatic carbocycles. The first kappa shape index (κ1) is 14.2. The number of fused-ring (bicyclic) bond motifs is 1. The molecule has 0 bridgehead atoms. The fourth-order valence-electron chi connectivity index (χ4n) is 3.34. The number of benzene rings is 1. The Morgan fingerprint density at radius 2 is 2.10 bits per heavy atom. The average molecular weight is 283 g/mol. The normalized spacial score (nSPS) is 18.1. The van der Waals surface area contributed by atoms with Crippen LogP contribution in [0.1, 0.15) is 26.3 Å². The minimum atomic E-state index is 0.696. The molecular formula is C18H25N3. The van der Waals surface area contributed by atoms with Crippen LogP contribution in [0.2, 0.25) is 0 Å².